The van der Waals surface area contributed by atoms with E-state index in [9.17, 15) is 4.79 Å². The number of benzene rings is 1. The Morgan fingerprint density at radius 3 is 3.06 bits per heavy atom. The van der Waals surface area contributed by atoms with Crippen LogP contribution in [-0.2, 0) is 4.79 Å². The molecule has 94 valence electrons. The maximum Gasteiger partial charge on any atom is 0.227 e. The number of azide groups is 1. The molecule has 0 aliphatic carbocycles. The quantitative estimate of drug-likeness (QED) is 0.355. The second kappa shape index (κ2) is 5.58. The van der Waals surface area contributed by atoms with Crippen LogP contribution in [-0.4, -0.2) is 19.0 Å². The van der Waals surface area contributed by atoms with E-state index in [1.807, 2.05) is 25.1 Å². The molecule has 6 heteroatoms. The highest BCUT2D eigenvalue weighted by Crippen LogP contribution is 2.27. The van der Waals surface area contributed by atoms with E-state index in [4.69, 9.17) is 5.53 Å². The van der Waals surface area contributed by atoms with Crippen molar-refractivity contribution in [2.45, 2.75) is 13.3 Å². The van der Waals surface area contributed by atoms with Crippen molar-refractivity contribution in [3.05, 3.63) is 37.8 Å². The molecule has 5 nitrogen and oxygen atoms in total. The van der Waals surface area contributed by atoms with Crippen molar-refractivity contribution >= 4 is 34.2 Å². The van der Waals surface area contributed by atoms with Gasteiger partial charge in [0, 0.05) is 33.7 Å². The molecule has 1 saturated heterocycles. The van der Waals surface area contributed by atoms with E-state index in [0.29, 0.717) is 19.5 Å². The number of halogens is 1. The van der Waals surface area contributed by atoms with Gasteiger partial charge in [-0.1, -0.05) is 5.11 Å². The largest absolute Gasteiger partial charge is 0.312 e. The summed E-state index contributed by atoms with van der Waals surface area (Å²) in [5.74, 6) is 0.238. The summed E-state index contributed by atoms with van der Waals surface area (Å²) in [7, 11) is 0. The second-order valence-electron chi connectivity index (χ2n) is 4.42. The van der Waals surface area contributed by atoms with Gasteiger partial charge >= 0.3 is 0 Å². The molecule has 18 heavy (non-hydrogen) atoms. The van der Waals surface area contributed by atoms with Gasteiger partial charge in [-0.05, 0) is 64.7 Å². The lowest BCUT2D eigenvalue weighted by Crippen LogP contribution is -2.24. The van der Waals surface area contributed by atoms with Gasteiger partial charge in [-0.25, -0.2) is 0 Å². The van der Waals surface area contributed by atoms with Crippen LogP contribution in [0.2, 0.25) is 0 Å². The van der Waals surface area contributed by atoms with Crippen molar-refractivity contribution < 1.29 is 4.79 Å². The van der Waals surface area contributed by atoms with E-state index in [-0.39, 0.29) is 11.8 Å². The number of anilines is 1. The number of hydrogen-bond acceptors (Lipinski definition) is 2. The van der Waals surface area contributed by atoms with Crippen LogP contribution in [0.15, 0.2) is 23.3 Å². The summed E-state index contributed by atoms with van der Waals surface area (Å²) in [5, 5.41) is 3.55. The Labute approximate surface area is 119 Å². The lowest BCUT2D eigenvalue weighted by molar-refractivity contribution is -0.117. The highest BCUT2D eigenvalue weighted by atomic mass is 127. The van der Waals surface area contributed by atoms with Crippen molar-refractivity contribution in [3.63, 3.8) is 0 Å². The third kappa shape index (κ3) is 2.76. The van der Waals surface area contributed by atoms with Crippen molar-refractivity contribution in [1.82, 2.24) is 0 Å². The molecule has 1 aliphatic rings. The number of carbonyl (C=O) groups excluding carboxylic acids is 1. The minimum absolute atomic E-state index is 0.105. The summed E-state index contributed by atoms with van der Waals surface area (Å²) < 4.78 is 1.19. The molecule has 1 aromatic rings. The zero-order valence-corrected chi connectivity index (χ0v) is 12.2. The average Bonchev–Trinajstić information content (AvgIpc) is 2.71. The van der Waals surface area contributed by atoms with E-state index in [2.05, 4.69) is 32.6 Å². The molecule has 0 saturated carbocycles. The molecule has 1 unspecified atom stereocenters. The van der Waals surface area contributed by atoms with Crippen molar-refractivity contribution in [2.75, 3.05) is 18.0 Å². The number of nitrogens with zero attached hydrogens (tertiary/aromatic N) is 4. The fraction of sp³-hybridized carbons (Fsp3) is 0.417. The number of amides is 1. The number of hydrogen-bond donors (Lipinski definition) is 0. The monoisotopic (exact) mass is 356 g/mol. The fourth-order valence-electron chi connectivity index (χ4n) is 2.10. The first-order chi connectivity index (χ1) is 8.61. The topological polar surface area (TPSA) is 69.1 Å². The highest BCUT2D eigenvalue weighted by molar-refractivity contribution is 14.1. The van der Waals surface area contributed by atoms with Gasteiger partial charge in [-0.15, -0.1) is 0 Å². The van der Waals surface area contributed by atoms with Gasteiger partial charge in [0.1, 0.15) is 0 Å². The minimum Gasteiger partial charge on any atom is -0.312 e. The van der Waals surface area contributed by atoms with Gasteiger partial charge in [-0.3, -0.25) is 4.79 Å². The lowest BCUT2D eigenvalue weighted by atomic mass is 10.1. The Morgan fingerprint density at radius 2 is 2.39 bits per heavy atom. The molecule has 0 N–H and O–H groups in total. The van der Waals surface area contributed by atoms with Crippen molar-refractivity contribution in [2.24, 2.45) is 11.0 Å². The van der Waals surface area contributed by atoms with Crippen LogP contribution in [0.4, 0.5) is 5.69 Å². The Morgan fingerprint density at radius 1 is 1.61 bits per heavy atom. The van der Waals surface area contributed by atoms with Gasteiger partial charge in [0.2, 0.25) is 5.91 Å². The predicted molar refractivity (Wildman–Crippen MR) is 78.4 cm³/mol. The third-order valence-corrected chi connectivity index (χ3v) is 4.27. The van der Waals surface area contributed by atoms with E-state index in [1.54, 1.807) is 4.90 Å². The number of aryl methyl sites for hydroxylation is 1. The van der Waals surface area contributed by atoms with Crippen LogP contribution in [0, 0.1) is 16.4 Å². The van der Waals surface area contributed by atoms with Crippen molar-refractivity contribution in [3.8, 4) is 0 Å². The van der Waals surface area contributed by atoms with Gasteiger partial charge in [-0.2, -0.15) is 0 Å². The van der Waals surface area contributed by atoms with Gasteiger partial charge in [0.05, 0.1) is 0 Å². The molecule has 1 aromatic carbocycles. The van der Waals surface area contributed by atoms with Crippen molar-refractivity contribution in [1.29, 1.82) is 0 Å². The zero-order chi connectivity index (χ0) is 13.1. The Balaban J connectivity index is 2.16. The van der Waals surface area contributed by atoms with E-state index >= 15 is 0 Å². The molecule has 1 amide bonds. The standard InChI is InChI=1S/C12H13IN4O/c1-8-4-10(2-3-11(8)13)17-7-9(5-12(17)18)6-15-16-14/h2-4,9H,5-7H2,1H3. The summed E-state index contributed by atoms with van der Waals surface area (Å²) in [6, 6.07) is 6.00. The van der Waals surface area contributed by atoms with Crippen LogP contribution < -0.4 is 4.90 Å². The number of carbonyl (C=O) groups is 1. The molecule has 1 aliphatic heterocycles. The zero-order valence-electron chi connectivity index (χ0n) is 10.0. The Kier molecular flexibility index (Phi) is 4.08. The Hall–Kier alpha value is -1.27. The summed E-state index contributed by atoms with van der Waals surface area (Å²) in [6.45, 7) is 3.06. The predicted octanol–water partition coefficient (Wildman–Crippen LogP) is 3.26. The molecule has 0 bridgehead atoms. The number of rotatable bonds is 3. The molecular weight excluding hydrogens is 343 g/mol. The molecule has 0 radical (unpaired) electrons. The van der Waals surface area contributed by atoms with E-state index in [0.717, 1.165) is 5.69 Å². The molecule has 1 heterocycles. The maximum atomic E-state index is 11.9. The van der Waals surface area contributed by atoms with E-state index < -0.39 is 0 Å². The smallest absolute Gasteiger partial charge is 0.227 e. The molecule has 1 fully saturated rings. The second-order valence-corrected chi connectivity index (χ2v) is 5.58. The maximum absolute atomic E-state index is 11.9. The average molecular weight is 356 g/mol. The van der Waals surface area contributed by atoms with Gasteiger partial charge in [0.15, 0.2) is 0 Å². The fourth-order valence-corrected chi connectivity index (χ4v) is 2.44. The molecule has 0 spiro atoms. The van der Waals surface area contributed by atoms with Gasteiger partial charge < -0.3 is 4.90 Å². The molecule has 0 aromatic heterocycles. The summed E-state index contributed by atoms with van der Waals surface area (Å²) >= 11 is 2.27. The first-order valence-electron chi connectivity index (χ1n) is 5.69. The molecular formula is C12H13IN4O. The SMILES string of the molecule is Cc1cc(N2CC(CN=[N+]=[N-])CC2=O)ccc1I. The van der Waals surface area contributed by atoms with E-state index in [1.165, 1.54) is 9.13 Å². The summed E-state index contributed by atoms with van der Waals surface area (Å²) in [4.78, 5) is 16.5. The third-order valence-electron chi connectivity index (χ3n) is 3.06. The van der Waals surface area contributed by atoms with Gasteiger partial charge in [0.25, 0.3) is 0 Å². The summed E-state index contributed by atoms with van der Waals surface area (Å²) in [5.41, 5.74) is 10.4. The first-order valence-corrected chi connectivity index (χ1v) is 6.77. The Bertz CT molecular complexity index is 525. The summed E-state index contributed by atoms with van der Waals surface area (Å²) in [6.07, 6.45) is 0.462. The lowest BCUT2D eigenvalue weighted by Gasteiger charge is -2.17. The minimum atomic E-state index is 0.105. The molecule has 2 rings (SSSR count). The first kappa shape index (κ1) is 13.2. The molecule has 1 atom stereocenters. The van der Waals surface area contributed by atoms with Crippen LogP contribution in [0.3, 0.4) is 0 Å². The van der Waals surface area contributed by atoms with Crippen LogP contribution in [0.1, 0.15) is 12.0 Å². The normalized spacial score (nSPS) is 18.9. The highest BCUT2D eigenvalue weighted by Gasteiger charge is 2.30. The van der Waals surface area contributed by atoms with Crippen LogP contribution in [0.25, 0.3) is 10.4 Å². The van der Waals surface area contributed by atoms with Crippen LogP contribution in [0.5, 0.6) is 0 Å². The van der Waals surface area contributed by atoms with Crippen LogP contribution >= 0.6 is 22.6 Å².